The molecule has 2 amide bonds. The van der Waals surface area contributed by atoms with Crippen LogP contribution in [0.1, 0.15) is 30.9 Å². The lowest BCUT2D eigenvalue weighted by atomic mass is 10.1. The molecule has 1 fully saturated rings. The zero-order valence-corrected chi connectivity index (χ0v) is 17.5. The van der Waals surface area contributed by atoms with Crippen LogP contribution < -0.4 is 10.2 Å². The molecule has 2 aliphatic rings. The molecule has 2 aliphatic heterocycles. The predicted octanol–water partition coefficient (Wildman–Crippen LogP) is 4.15. The molecular formula is C23H21F3N4O3. The van der Waals surface area contributed by atoms with Crippen molar-refractivity contribution in [2.24, 2.45) is 0 Å². The van der Waals surface area contributed by atoms with Crippen molar-refractivity contribution in [2.45, 2.75) is 37.6 Å². The highest BCUT2D eigenvalue weighted by Crippen LogP contribution is 2.37. The minimum Gasteiger partial charge on any atom is -0.376 e. The first-order chi connectivity index (χ1) is 15.8. The molecule has 1 aromatic heterocycles. The number of ether oxygens (including phenoxy) is 1. The van der Waals surface area contributed by atoms with E-state index in [0.29, 0.717) is 30.1 Å². The molecule has 5 rings (SSSR count). The van der Waals surface area contributed by atoms with E-state index in [1.165, 1.54) is 12.1 Å². The molecule has 0 aliphatic carbocycles. The van der Waals surface area contributed by atoms with Gasteiger partial charge in [-0.15, -0.1) is 0 Å². The zero-order valence-electron chi connectivity index (χ0n) is 17.5. The largest absolute Gasteiger partial charge is 0.416 e. The first kappa shape index (κ1) is 21.4. The summed E-state index contributed by atoms with van der Waals surface area (Å²) in [4.78, 5) is 32.2. The highest BCUT2D eigenvalue weighted by molar-refractivity contribution is 6.05. The zero-order chi connectivity index (χ0) is 23.2. The molecule has 10 heteroatoms. The molecule has 1 saturated heterocycles. The van der Waals surface area contributed by atoms with Crippen LogP contribution in [0.4, 0.5) is 24.8 Å². The standard InChI is InChI=1S/C23H21F3N4O3/c24-23(25,26)14-5-3-6-15(11-14)27-20(31)12-19-21(32)29(13-16-7-4-10-33-16)22-28-17-8-1-2-9-18(17)30(19)22/h1-3,5-6,8-9,11,16,19H,4,7,10,12-13H2,(H,27,31)/t16-,19-/m1/s1. The van der Waals surface area contributed by atoms with Crippen LogP contribution in [-0.4, -0.2) is 40.6 Å². The van der Waals surface area contributed by atoms with Gasteiger partial charge in [0.15, 0.2) is 0 Å². The monoisotopic (exact) mass is 458 g/mol. The maximum atomic E-state index is 13.3. The summed E-state index contributed by atoms with van der Waals surface area (Å²) in [6.07, 6.45) is -3.09. The number of imidazole rings is 1. The van der Waals surface area contributed by atoms with E-state index < -0.39 is 23.7 Å². The number of fused-ring (bicyclic) bond motifs is 3. The maximum Gasteiger partial charge on any atom is 0.416 e. The van der Waals surface area contributed by atoms with Crippen LogP contribution >= 0.6 is 0 Å². The third kappa shape index (κ3) is 4.06. The van der Waals surface area contributed by atoms with E-state index in [2.05, 4.69) is 10.3 Å². The Morgan fingerprint density at radius 2 is 2.00 bits per heavy atom. The summed E-state index contributed by atoms with van der Waals surface area (Å²) < 4.78 is 46.4. The number of nitrogens with zero attached hydrogens (tertiary/aromatic N) is 3. The normalized spacial score (nSPS) is 20.5. The average molecular weight is 458 g/mol. The minimum atomic E-state index is -4.52. The van der Waals surface area contributed by atoms with E-state index in [1.54, 1.807) is 9.47 Å². The molecule has 2 atom stereocenters. The van der Waals surface area contributed by atoms with Crippen LogP contribution in [0.25, 0.3) is 11.0 Å². The van der Waals surface area contributed by atoms with Crippen molar-refractivity contribution >= 4 is 34.5 Å². The molecule has 7 nitrogen and oxygen atoms in total. The lowest BCUT2D eigenvalue weighted by Crippen LogP contribution is -2.37. The fourth-order valence-corrected chi connectivity index (χ4v) is 4.42. The van der Waals surface area contributed by atoms with Crippen molar-refractivity contribution < 1.29 is 27.5 Å². The number of hydrogen-bond acceptors (Lipinski definition) is 4. The van der Waals surface area contributed by atoms with Crippen LogP contribution in [0.5, 0.6) is 0 Å². The molecular weight excluding hydrogens is 437 g/mol. The second-order valence-corrected chi connectivity index (χ2v) is 8.20. The number of carbonyl (C=O) groups excluding carboxylic acids is 2. The summed E-state index contributed by atoms with van der Waals surface area (Å²) in [5, 5.41) is 2.49. The van der Waals surface area contributed by atoms with Gasteiger partial charge >= 0.3 is 6.18 Å². The molecule has 0 saturated carbocycles. The second kappa shape index (κ2) is 8.18. The Kier molecular flexibility index (Phi) is 5.32. The Morgan fingerprint density at radius 1 is 1.18 bits per heavy atom. The fourth-order valence-electron chi connectivity index (χ4n) is 4.42. The lowest BCUT2D eigenvalue weighted by molar-refractivity contribution is -0.137. The topological polar surface area (TPSA) is 76.5 Å². The molecule has 0 unspecified atom stereocenters. The SMILES string of the molecule is O=C(C[C@@H]1C(=O)N(C[C@H]2CCCO2)c2nc3ccccc3n21)Nc1cccc(C(F)(F)F)c1. The maximum absolute atomic E-state index is 13.3. The number of carbonyl (C=O) groups is 2. The smallest absolute Gasteiger partial charge is 0.376 e. The first-order valence-electron chi connectivity index (χ1n) is 10.7. The van der Waals surface area contributed by atoms with E-state index in [4.69, 9.17) is 4.74 Å². The van der Waals surface area contributed by atoms with E-state index in [9.17, 15) is 22.8 Å². The molecule has 3 heterocycles. The van der Waals surface area contributed by atoms with Crippen LogP contribution in [0.2, 0.25) is 0 Å². The number of aromatic nitrogens is 2. The molecule has 0 radical (unpaired) electrons. The number of para-hydroxylation sites is 2. The van der Waals surface area contributed by atoms with Crippen LogP contribution in [0.3, 0.4) is 0 Å². The molecule has 0 bridgehead atoms. The second-order valence-electron chi connectivity index (χ2n) is 8.20. The van der Waals surface area contributed by atoms with Crippen LogP contribution in [-0.2, 0) is 20.5 Å². The molecule has 33 heavy (non-hydrogen) atoms. The molecule has 172 valence electrons. The number of hydrogen-bond donors (Lipinski definition) is 1. The van der Waals surface area contributed by atoms with Gasteiger partial charge in [0.1, 0.15) is 6.04 Å². The summed E-state index contributed by atoms with van der Waals surface area (Å²) >= 11 is 0. The number of benzene rings is 2. The van der Waals surface area contributed by atoms with Crippen molar-refractivity contribution in [1.82, 2.24) is 9.55 Å². The van der Waals surface area contributed by atoms with Crippen molar-refractivity contribution in [1.29, 1.82) is 0 Å². The van der Waals surface area contributed by atoms with Crippen molar-refractivity contribution in [3.8, 4) is 0 Å². The van der Waals surface area contributed by atoms with Gasteiger partial charge in [-0.2, -0.15) is 13.2 Å². The Morgan fingerprint density at radius 3 is 2.76 bits per heavy atom. The third-order valence-electron chi connectivity index (χ3n) is 5.94. The summed E-state index contributed by atoms with van der Waals surface area (Å²) in [7, 11) is 0. The van der Waals surface area contributed by atoms with Gasteiger partial charge in [0.25, 0.3) is 5.91 Å². The Labute approximate surface area is 187 Å². The summed E-state index contributed by atoms with van der Waals surface area (Å²) in [6.45, 7) is 0.986. The van der Waals surface area contributed by atoms with E-state index in [0.717, 1.165) is 25.0 Å². The number of halogens is 3. The van der Waals surface area contributed by atoms with Crippen LogP contribution in [0.15, 0.2) is 48.5 Å². The first-order valence-corrected chi connectivity index (χ1v) is 10.7. The average Bonchev–Trinajstić information content (AvgIpc) is 3.47. The van der Waals surface area contributed by atoms with Crippen molar-refractivity contribution in [3.05, 3.63) is 54.1 Å². The van der Waals surface area contributed by atoms with Crippen LogP contribution in [0, 0.1) is 0 Å². The van der Waals surface area contributed by atoms with Gasteiger partial charge in [-0.3, -0.25) is 19.1 Å². The fraction of sp³-hybridized carbons (Fsp3) is 0.348. The number of amides is 2. The van der Waals surface area contributed by atoms with Crippen molar-refractivity contribution in [2.75, 3.05) is 23.4 Å². The third-order valence-corrected chi connectivity index (χ3v) is 5.94. The van der Waals surface area contributed by atoms with Gasteiger partial charge in [0, 0.05) is 12.3 Å². The van der Waals surface area contributed by atoms with Gasteiger partial charge in [-0.1, -0.05) is 18.2 Å². The van der Waals surface area contributed by atoms with Gasteiger partial charge in [0.05, 0.1) is 35.7 Å². The van der Waals surface area contributed by atoms with Gasteiger partial charge in [-0.25, -0.2) is 4.98 Å². The highest BCUT2D eigenvalue weighted by Gasteiger charge is 2.42. The molecule has 2 aromatic carbocycles. The molecule has 0 spiro atoms. The Bertz CT molecular complexity index is 1220. The summed E-state index contributed by atoms with van der Waals surface area (Å²) in [6, 6.07) is 10.9. The van der Waals surface area contributed by atoms with Gasteiger partial charge < -0.3 is 10.1 Å². The lowest BCUT2D eigenvalue weighted by Gasteiger charge is -2.19. The number of nitrogens with one attached hydrogen (secondary N) is 1. The minimum absolute atomic E-state index is 0.0206. The molecule has 3 aromatic rings. The van der Waals surface area contributed by atoms with E-state index >= 15 is 0 Å². The number of rotatable bonds is 5. The predicted molar refractivity (Wildman–Crippen MR) is 115 cm³/mol. The van der Waals surface area contributed by atoms with E-state index in [-0.39, 0.29) is 24.1 Å². The summed E-state index contributed by atoms with van der Waals surface area (Å²) in [5.74, 6) is -0.387. The van der Waals surface area contributed by atoms with Crippen molar-refractivity contribution in [3.63, 3.8) is 0 Å². The Balaban J connectivity index is 1.41. The van der Waals surface area contributed by atoms with Gasteiger partial charge in [-0.05, 0) is 43.2 Å². The number of alkyl halides is 3. The molecule has 1 N–H and O–H groups in total. The summed E-state index contributed by atoms with van der Waals surface area (Å²) in [5.41, 5.74) is 0.572. The van der Waals surface area contributed by atoms with Gasteiger partial charge in [0.2, 0.25) is 11.9 Å². The van der Waals surface area contributed by atoms with E-state index in [1.807, 2.05) is 24.3 Å². The highest BCUT2D eigenvalue weighted by atomic mass is 19.4. The number of anilines is 2. The quantitative estimate of drug-likeness (QED) is 0.623. The Hall–Kier alpha value is -3.40.